The minimum absolute atomic E-state index is 0.148. The number of halogens is 1. The van der Waals surface area contributed by atoms with Crippen molar-refractivity contribution in [2.24, 2.45) is 0 Å². The molecule has 1 aliphatic heterocycles. The monoisotopic (exact) mass is 331 g/mol. The Morgan fingerprint density at radius 1 is 1.33 bits per heavy atom. The van der Waals surface area contributed by atoms with Gasteiger partial charge in [0.25, 0.3) is 0 Å². The summed E-state index contributed by atoms with van der Waals surface area (Å²) >= 11 is 5.82. The maximum Gasteiger partial charge on any atom is 0.240 e. The van der Waals surface area contributed by atoms with Crippen LogP contribution in [0.2, 0.25) is 5.02 Å². The molecule has 0 aliphatic carbocycles. The average Bonchev–Trinajstić information content (AvgIpc) is 2.42. The molecule has 0 bridgehead atoms. The van der Waals surface area contributed by atoms with E-state index in [4.69, 9.17) is 17.3 Å². The minimum atomic E-state index is -3.56. The van der Waals surface area contributed by atoms with Crippen LogP contribution in [-0.2, 0) is 10.0 Å². The number of hydrogen-bond donors (Lipinski definition) is 2. The van der Waals surface area contributed by atoms with E-state index in [1.807, 2.05) is 6.92 Å². The van der Waals surface area contributed by atoms with Gasteiger partial charge in [-0.3, -0.25) is 0 Å². The number of nitrogens with one attached hydrogen (secondary N) is 1. The van der Waals surface area contributed by atoms with Gasteiger partial charge in [0, 0.05) is 12.6 Å². The van der Waals surface area contributed by atoms with Gasteiger partial charge in [0.15, 0.2) is 0 Å². The van der Waals surface area contributed by atoms with Crippen LogP contribution in [0.15, 0.2) is 23.1 Å². The molecule has 1 aromatic rings. The molecular formula is C14H22ClN3O2S. The van der Waals surface area contributed by atoms with Crippen LogP contribution < -0.4 is 10.5 Å². The Balaban J connectivity index is 2.00. The maximum absolute atomic E-state index is 12.3. The standard InChI is InChI=1S/C14H22ClN3O2S/c1-11(10-18-7-3-2-4-8-18)17-21(19,20)12-5-6-13(15)14(16)9-12/h5-6,9,11,17H,2-4,7-8,10,16H2,1H3. The number of rotatable bonds is 5. The van der Waals surface area contributed by atoms with Crippen molar-refractivity contribution in [3.05, 3.63) is 23.2 Å². The maximum atomic E-state index is 12.3. The first-order valence-corrected chi connectivity index (χ1v) is 9.04. The van der Waals surface area contributed by atoms with Crippen molar-refractivity contribution >= 4 is 27.3 Å². The molecule has 21 heavy (non-hydrogen) atoms. The van der Waals surface area contributed by atoms with E-state index in [0.29, 0.717) is 5.02 Å². The van der Waals surface area contributed by atoms with Crippen LogP contribution in [0.4, 0.5) is 5.69 Å². The van der Waals surface area contributed by atoms with Gasteiger partial charge in [-0.15, -0.1) is 0 Å². The van der Waals surface area contributed by atoms with E-state index in [1.165, 1.54) is 37.5 Å². The number of nitrogens with zero attached hydrogens (tertiary/aromatic N) is 1. The Labute approximate surface area is 131 Å². The molecule has 1 heterocycles. The van der Waals surface area contributed by atoms with Crippen LogP contribution in [-0.4, -0.2) is 39.0 Å². The van der Waals surface area contributed by atoms with Crippen LogP contribution in [0, 0.1) is 0 Å². The molecule has 0 saturated carbocycles. The number of piperidine rings is 1. The summed E-state index contributed by atoms with van der Waals surface area (Å²) in [6.45, 7) is 4.69. The Bertz CT molecular complexity index is 586. The zero-order valence-electron chi connectivity index (χ0n) is 12.2. The second-order valence-electron chi connectivity index (χ2n) is 5.57. The first-order chi connectivity index (χ1) is 9.88. The molecule has 0 aromatic heterocycles. The Hall–Kier alpha value is -0.820. The third kappa shape index (κ3) is 4.57. The molecule has 0 radical (unpaired) electrons. The Morgan fingerprint density at radius 3 is 2.62 bits per heavy atom. The van der Waals surface area contributed by atoms with E-state index in [1.54, 1.807) is 0 Å². The summed E-state index contributed by atoms with van der Waals surface area (Å²) in [5.74, 6) is 0. The number of sulfonamides is 1. The number of anilines is 1. The molecule has 1 aliphatic rings. The minimum Gasteiger partial charge on any atom is -0.397 e. The fraction of sp³-hybridized carbons (Fsp3) is 0.571. The molecule has 7 heteroatoms. The molecule has 1 aromatic carbocycles. The number of nitrogen functional groups attached to an aromatic ring is 1. The summed E-state index contributed by atoms with van der Waals surface area (Å²) in [4.78, 5) is 2.45. The first-order valence-electron chi connectivity index (χ1n) is 7.18. The molecule has 118 valence electrons. The van der Waals surface area contributed by atoms with Gasteiger partial charge in [-0.1, -0.05) is 18.0 Å². The topological polar surface area (TPSA) is 75.4 Å². The van der Waals surface area contributed by atoms with Crippen LogP contribution in [0.25, 0.3) is 0 Å². The predicted octanol–water partition coefficient (Wildman–Crippen LogP) is 2.07. The van der Waals surface area contributed by atoms with Gasteiger partial charge in [-0.2, -0.15) is 0 Å². The summed E-state index contributed by atoms with van der Waals surface area (Å²) in [5, 5.41) is 0.357. The zero-order chi connectivity index (χ0) is 15.5. The van der Waals surface area contributed by atoms with Crippen molar-refractivity contribution in [2.45, 2.75) is 37.1 Å². The van der Waals surface area contributed by atoms with Gasteiger partial charge in [0.1, 0.15) is 0 Å². The molecule has 0 spiro atoms. The highest BCUT2D eigenvalue weighted by molar-refractivity contribution is 7.89. The summed E-state index contributed by atoms with van der Waals surface area (Å²) in [6, 6.07) is 4.21. The van der Waals surface area contributed by atoms with Crippen molar-refractivity contribution < 1.29 is 8.42 Å². The van der Waals surface area contributed by atoms with E-state index in [2.05, 4.69) is 9.62 Å². The van der Waals surface area contributed by atoms with Gasteiger partial charge in [0.2, 0.25) is 10.0 Å². The largest absolute Gasteiger partial charge is 0.397 e. The first kappa shape index (κ1) is 16.5. The molecular weight excluding hydrogens is 310 g/mol. The third-order valence-corrected chi connectivity index (χ3v) is 5.55. The molecule has 1 fully saturated rings. The lowest BCUT2D eigenvalue weighted by atomic mass is 10.1. The van der Waals surface area contributed by atoms with Crippen LogP contribution in [0.5, 0.6) is 0 Å². The van der Waals surface area contributed by atoms with Gasteiger partial charge < -0.3 is 10.6 Å². The smallest absolute Gasteiger partial charge is 0.240 e. The molecule has 5 nitrogen and oxygen atoms in total. The summed E-state index contributed by atoms with van der Waals surface area (Å²) in [7, 11) is -3.56. The highest BCUT2D eigenvalue weighted by Crippen LogP contribution is 2.22. The predicted molar refractivity (Wildman–Crippen MR) is 85.9 cm³/mol. The normalized spacial score (nSPS) is 18.6. The van der Waals surface area contributed by atoms with E-state index < -0.39 is 10.0 Å². The molecule has 1 unspecified atom stereocenters. The fourth-order valence-electron chi connectivity index (χ4n) is 2.59. The lowest BCUT2D eigenvalue weighted by molar-refractivity contribution is 0.215. The number of benzene rings is 1. The lowest BCUT2D eigenvalue weighted by Gasteiger charge is -2.29. The van der Waals surface area contributed by atoms with Crippen LogP contribution in [0.1, 0.15) is 26.2 Å². The van der Waals surface area contributed by atoms with Crippen molar-refractivity contribution in [1.82, 2.24) is 9.62 Å². The van der Waals surface area contributed by atoms with E-state index in [9.17, 15) is 8.42 Å². The van der Waals surface area contributed by atoms with E-state index >= 15 is 0 Å². The van der Waals surface area contributed by atoms with E-state index in [-0.39, 0.29) is 16.6 Å². The number of hydrogen-bond acceptors (Lipinski definition) is 4. The Morgan fingerprint density at radius 2 is 2.00 bits per heavy atom. The van der Waals surface area contributed by atoms with Gasteiger partial charge >= 0.3 is 0 Å². The third-order valence-electron chi connectivity index (χ3n) is 3.61. The molecule has 0 amide bonds. The second kappa shape index (κ2) is 6.96. The van der Waals surface area contributed by atoms with Gasteiger partial charge in [-0.25, -0.2) is 13.1 Å². The van der Waals surface area contributed by atoms with Crippen LogP contribution >= 0.6 is 11.6 Å². The van der Waals surface area contributed by atoms with Crippen LogP contribution in [0.3, 0.4) is 0 Å². The van der Waals surface area contributed by atoms with Gasteiger partial charge in [-0.05, 0) is 51.1 Å². The van der Waals surface area contributed by atoms with Gasteiger partial charge in [0.05, 0.1) is 15.6 Å². The Kier molecular flexibility index (Phi) is 5.48. The number of nitrogens with two attached hydrogens (primary N) is 1. The summed E-state index contributed by atoms with van der Waals surface area (Å²) in [5.41, 5.74) is 5.93. The fourth-order valence-corrected chi connectivity index (χ4v) is 3.98. The van der Waals surface area contributed by atoms with Crippen molar-refractivity contribution in [1.29, 1.82) is 0 Å². The van der Waals surface area contributed by atoms with E-state index in [0.717, 1.165) is 19.6 Å². The summed E-state index contributed by atoms with van der Waals surface area (Å²) < 4.78 is 27.3. The van der Waals surface area contributed by atoms with Crippen molar-refractivity contribution in [3.8, 4) is 0 Å². The molecule has 1 saturated heterocycles. The quantitative estimate of drug-likeness (QED) is 0.810. The highest BCUT2D eigenvalue weighted by atomic mass is 35.5. The average molecular weight is 332 g/mol. The van der Waals surface area contributed by atoms with Crippen molar-refractivity contribution in [2.75, 3.05) is 25.4 Å². The number of likely N-dealkylation sites (tertiary alicyclic amines) is 1. The SMILES string of the molecule is CC(CN1CCCCC1)NS(=O)(=O)c1ccc(Cl)c(N)c1. The lowest BCUT2D eigenvalue weighted by Crippen LogP contribution is -2.43. The van der Waals surface area contributed by atoms with Crippen molar-refractivity contribution in [3.63, 3.8) is 0 Å². The second-order valence-corrected chi connectivity index (χ2v) is 7.69. The zero-order valence-corrected chi connectivity index (χ0v) is 13.8. The molecule has 2 rings (SSSR count). The molecule has 3 N–H and O–H groups in total. The molecule has 1 atom stereocenters. The summed E-state index contributed by atoms with van der Waals surface area (Å²) in [6.07, 6.45) is 3.64. The highest BCUT2D eigenvalue weighted by Gasteiger charge is 2.20.